The molecule has 7 nitrogen and oxygen atoms in total. The maximum absolute atomic E-state index is 15.3. The minimum Gasteiger partial charge on any atom is -0.324 e. The predicted octanol–water partition coefficient (Wildman–Crippen LogP) is 6.68. The fraction of sp³-hybridized carbons (Fsp3) is 0.306. The molecule has 1 aliphatic heterocycles. The minimum atomic E-state index is -3.80. The van der Waals surface area contributed by atoms with E-state index in [1.54, 1.807) is 61.5 Å². The zero-order chi connectivity index (χ0) is 34.1. The number of carbonyl (C=O) groups is 1. The van der Waals surface area contributed by atoms with Crippen LogP contribution in [0.3, 0.4) is 0 Å². The number of amides is 1. The van der Waals surface area contributed by atoms with Gasteiger partial charge in [0.25, 0.3) is 0 Å². The van der Waals surface area contributed by atoms with Gasteiger partial charge in [0, 0.05) is 47.4 Å². The number of anilines is 1. The lowest BCUT2D eigenvalue weighted by Gasteiger charge is -2.40. The summed E-state index contributed by atoms with van der Waals surface area (Å²) in [6, 6.07) is 15.3. The molecule has 47 heavy (non-hydrogen) atoms. The van der Waals surface area contributed by atoms with Crippen LogP contribution in [-0.2, 0) is 21.2 Å². The number of halogens is 3. The third-order valence-electron chi connectivity index (χ3n) is 8.29. The van der Waals surface area contributed by atoms with Crippen LogP contribution in [0.5, 0.6) is 0 Å². The van der Waals surface area contributed by atoms with Crippen molar-refractivity contribution in [3.05, 3.63) is 136 Å². The van der Waals surface area contributed by atoms with Crippen LogP contribution in [0, 0.1) is 11.6 Å². The van der Waals surface area contributed by atoms with Crippen molar-refractivity contribution in [2.24, 2.45) is 5.73 Å². The number of nitrogens with two attached hydrogens (primary N) is 1. The highest BCUT2D eigenvalue weighted by atomic mass is 35.5. The molecule has 1 fully saturated rings. The summed E-state index contributed by atoms with van der Waals surface area (Å²) in [5.41, 5.74) is 8.20. The molecule has 1 aliphatic rings. The molecule has 0 unspecified atom stereocenters. The lowest BCUT2D eigenvalue weighted by atomic mass is 9.85. The summed E-state index contributed by atoms with van der Waals surface area (Å²) in [6.07, 6.45) is 7.34. The quantitative estimate of drug-likeness (QED) is 0.175. The topological polar surface area (TPSA) is 105 Å². The van der Waals surface area contributed by atoms with Crippen molar-refractivity contribution in [2.45, 2.75) is 57.2 Å². The molecule has 250 valence electrons. The Hall–Kier alpha value is -3.67. The van der Waals surface area contributed by atoms with Crippen LogP contribution in [0.15, 0.2) is 103 Å². The maximum Gasteiger partial charge on any atom is 0.243 e. The third kappa shape index (κ3) is 8.82. The van der Waals surface area contributed by atoms with Crippen molar-refractivity contribution >= 4 is 33.2 Å². The predicted molar refractivity (Wildman–Crippen MR) is 186 cm³/mol. The lowest BCUT2D eigenvalue weighted by molar-refractivity contribution is -0.117. The highest BCUT2D eigenvalue weighted by Gasteiger charge is 2.38. The van der Waals surface area contributed by atoms with E-state index in [1.165, 1.54) is 40.7 Å². The summed E-state index contributed by atoms with van der Waals surface area (Å²) < 4.78 is 58.4. The summed E-state index contributed by atoms with van der Waals surface area (Å²) in [6.45, 7) is 8.12. The summed E-state index contributed by atoms with van der Waals surface area (Å²) in [5, 5.41) is 6.54. The zero-order valence-electron chi connectivity index (χ0n) is 26.5. The Morgan fingerprint density at radius 2 is 1.83 bits per heavy atom. The Balaban J connectivity index is 1.53. The average molecular weight is 683 g/mol. The van der Waals surface area contributed by atoms with Crippen molar-refractivity contribution in [1.82, 2.24) is 9.62 Å². The number of piperazine rings is 1. The first-order valence-corrected chi connectivity index (χ1v) is 17.3. The molecule has 3 aromatic rings. The maximum atomic E-state index is 15.3. The van der Waals surface area contributed by atoms with Crippen molar-refractivity contribution < 1.29 is 22.0 Å². The van der Waals surface area contributed by atoms with Gasteiger partial charge in [-0.1, -0.05) is 66.7 Å². The summed E-state index contributed by atoms with van der Waals surface area (Å²) in [5.74, 6) is -2.30. The second-order valence-corrected chi connectivity index (χ2v) is 13.8. The van der Waals surface area contributed by atoms with Crippen LogP contribution < -0.4 is 16.4 Å². The number of rotatable bonds is 13. The van der Waals surface area contributed by atoms with Crippen LogP contribution in [-0.4, -0.2) is 49.8 Å². The molecular formula is C36H41ClF2N4O3S. The van der Waals surface area contributed by atoms with Crippen LogP contribution in [0.1, 0.15) is 49.3 Å². The Morgan fingerprint density at radius 3 is 2.51 bits per heavy atom. The van der Waals surface area contributed by atoms with Crippen molar-refractivity contribution in [1.29, 1.82) is 0 Å². The van der Waals surface area contributed by atoms with Gasteiger partial charge < -0.3 is 16.4 Å². The van der Waals surface area contributed by atoms with E-state index in [4.69, 9.17) is 17.3 Å². The SMILES string of the molecule is C=C/C=C\C(=C/C)S(=O)(=O)N1[C@@H](CCCc2c(F)cccc2NC(=O)[C@@H](N)[C@H](c2cccc(F)c2)c2cccc(Cl)c2)CNC[C@@H]1C. The van der Waals surface area contributed by atoms with Crippen molar-refractivity contribution in [2.75, 3.05) is 18.4 Å². The molecule has 11 heteroatoms. The van der Waals surface area contributed by atoms with Crippen molar-refractivity contribution in [3.63, 3.8) is 0 Å². The second-order valence-electron chi connectivity index (χ2n) is 11.5. The Bertz CT molecular complexity index is 1700. The van der Waals surface area contributed by atoms with Crippen molar-refractivity contribution in [3.8, 4) is 0 Å². The Kier molecular flexibility index (Phi) is 12.6. The molecular weight excluding hydrogens is 642 g/mol. The van der Waals surface area contributed by atoms with Gasteiger partial charge in [-0.15, -0.1) is 0 Å². The van der Waals surface area contributed by atoms with E-state index in [1.807, 2.05) is 6.92 Å². The van der Waals surface area contributed by atoms with E-state index in [2.05, 4.69) is 17.2 Å². The third-order valence-corrected chi connectivity index (χ3v) is 10.7. The van der Waals surface area contributed by atoms with Crippen LogP contribution in [0.4, 0.5) is 14.5 Å². The van der Waals surface area contributed by atoms with Gasteiger partial charge >= 0.3 is 0 Å². The molecule has 0 spiro atoms. The number of hydrogen-bond donors (Lipinski definition) is 3. The van der Waals surface area contributed by atoms with E-state index in [0.717, 1.165) is 0 Å². The Labute approximate surface area is 281 Å². The summed E-state index contributed by atoms with van der Waals surface area (Å²) in [7, 11) is -3.80. The molecule has 4 rings (SSSR count). The van der Waals surface area contributed by atoms with E-state index >= 15 is 4.39 Å². The number of nitrogens with zero attached hydrogens (tertiary/aromatic N) is 1. The standard InChI is InChI=1S/C36H41ClF2N4O3S/c1-4-6-16-30(5-2)47(45,46)43-24(3)22-41-23-29(43)15-9-17-31-32(39)18-10-19-33(31)42-36(44)35(40)34(25-11-7-13-27(37)20-25)26-12-8-14-28(38)21-26/h4-8,10-14,16,18-21,24,29,34-35,41H,1,9,15,17,22-23,40H2,2-3H3,(H,42,44)/b16-6-,30-5+/t24-,29-,34-,35-/m0/s1. The lowest BCUT2D eigenvalue weighted by Crippen LogP contribution is -2.58. The van der Waals surface area contributed by atoms with Gasteiger partial charge in [-0.25, -0.2) is 17.2 Å². The van der Waals surface area contributed by atoms with Gasteiger partial charge in [-0.3, -0.25) is 4.79 Å². The van der Waals surface area contributed by atoms with Crippen LogP contribution in [0.25, 0.3) is 0 Å². The number of allylic oxidation sites excluding steroid dienone is 4. The molecule has 4 atom stereocenters. The summed E-state index contributed by atoms with van der Waals surface area (Å²) in [4.78, 5) is 13.8. The zero-order valence-corrected chi connectivity index (χ0v) is 28.1. The molecule has 1 saturated heterocycles. The van der Waals surface area contributed by atoms with Crippen LogP contribution in [0.2, 0.25) is 5.02 Å². The van der Waals surface area contributed by atoms with E-state index < -0.39 is 39.5 Å². The molecule has 0 aliphatic carbocycles. The Morgan fingerprint density at radius 1 is 1.13 bits per heavy atom. The van der Waals surface area contributed by atoms with Gasteiger partial charge in [-0.05, 0) is 86.7 Å². The first-order valence-electron chi connectivity index (χ1n) is 15.5. The van der Waals surface area contributed by atoms with E-state index in [-0.39, 0.29) is 34.7 Å². The number of carbonyl (C=O) groups excluding carboxylic acids is 1. The molecule has 1 heterocycles. The van der Waals surface area contributed by atoms with Gasteiger partial charge in [0.1, 0.15) is 11.6 Å². The average Bonchev–Trinajstić information content (AvgIpc) is 3.02. The molecule has 1 amide bonds. The largest absolute Gasteiger partial charge is 0.324 e. The number of hydrogen-bond acceptors (Lipinski definition) is 5. The van der Waals surface area contributed by atoms with E-state index in [9.17, 15) is 17.6 Å². The molecule has 0 radical (unpaired) electrons. The smallest absolute Gasteiger partial charge is 0.243 e. The summed E-state index contributed by atoms with van der Waals surface area (Å²) >= 11 is 6.24. The van der Waals surface area contributed by atoms with E-state index in [0.29, 0.717) is 42.1 Å². The number of nitrogens with one attached hydrogen (secondary N) is 2. The monoisotopic (exact) mass is 682 g/mol. The fourth-order valence-electron chi connectivity index (χ4n) is 6.10. The highest BCUT2D eigenvalue weighted by molar-refractivity contribution is 7.93. The van der Waals surface area contributed by atoms with Gasteiger partial charge in [-0.2, -0.15) is 4.31 Å². The molecule has 0 saturated carbocycles. The first kappa shape index (κ1) is 36.2. The normalized spacial score (nSPS) is 19.0. The van der Waals surface area contributed by atoms with Gasteiger partial charge in [0.05, 0.1) is 10.9 Å². The molecule has 4 N–H and O–H groups in total. The molecule has 3 aromatic carbocycles. The highest BCUT2D eigenvalue weighted by Crippen LogP contribution is 2.32. The number of benzene rings is 3. The van der Waals surface area contributed by atoms with Gasteiger partial charge in [0.15, 0.2) is 0 Å². The van der Waals surface area contributed by atoms with Gasteiger partial charge in [0.2, 0.25) is 15.9 Å². The number of sulfonamides is 1. The second kappa shape index (κ2) is 16.4. The minimum absolute atomic E-state index is 0.181. The molecule has 0 aromatic heterocycles. The van der Waals surface area contributed by atoms with Crippen LogP contribution >= 0.6 is 11.6 Å². The fourth-order valence-corrected chi connectivity index (χ4v) is 8.21. The first-order chi connectivity index (χ1) is 22.5. The molecule has 0 bridgehead atoms.